The number of fused-ring (bicyclic) bond motifs is 1. The minimum absolute atomic E-state index is 0.0581. The zero-order chi connectivity index (χ0) is 9.42. The maximum atomic E-state index is 11.6. The van der Waals surface area contributed by atoms with Crippen LogP contribution < -0.4 is 0 Å². The quantitative estimate of drug-likeness (QED) is 0.558. The number of rotatable bonds is 0. The SMILES string of the molecule is CC(=O)N1CC[C@@H]2CCCC(=O)[C@@H]21. The van der Waals surface area contributed by atoms with Crippen LogP contribution in [0.4, 0.5) is 0 Å². The van der Waals surface area contributed by atoms with Gasteiger partial charge >= 0.3 is 0 Å². The van der Waals surface area contributed by atoms with E-state index in [9.17, 15) is 9.59 Å². The molecule has 3 heteroatoms. The maximum absolute atomic E-state index is 11.6. The second-order valence-corrected chi connectivity index (χ2v) is 4.06. The van der Waals surface area contributed by atoms with Crippen molar-refractivity contribution in [2.75, 3.05) is 6.54 Å². The zero-order valence-corrected chi connectivity index (χ0v) is 7.95. The van der Waals surface area contributed by atoms with Gasteiger partial charge in [0.2, 0.25) is 5.91 Å². The summed E-state index contributed by atoms with van der Waals surface area (Å²) in [5, 5.41) is 0. The van der Waals surface area contributed by atoms with Crippen LogP contribution in [0.1, 0.15) is 32.6 Å². The minimum Gasteiger partial charge on any atom is -0.333 e. The van der Waals surface area contributed by atoms with Crippen LogP contribution in [-0.4, -0.2) is 29.2 Å². The Bertz CT molecular complexity index is 249. The van der Waals surface area contributed by atoms with E-state index in [1.165, 1.54) is 0 Å². The first-order valence-corrected chi connectivity index (χ1v) is 5.00. The van der Waals surface area contributed by atoms with Crippen LogP contribution >= 0.6 is 0 Å². The summed E-state index contributed by atoms with van der Waals surface area (Å²) in [5.74, 6) is 0.803. The highest BCUT2D eigenvalue weighted by molar-refractivity contribution is 5.89. The van der Waals surface area contributed by atoms with Gasteiger partial charge in [0.1, 0.15) is 0 Å². The molecular weight excluding hydrogens is 166 g/mol. The van der Waals surface area contributed by atoms with Crippen molar-refractivity contribution in [2.24, 2.45) is 5.92 Å². The van der Waals surface area contributed by atoms with Gasteiger partial charge in [0.05, 0.1) is 6.04 Å². The van der Waals surface area contributed by atoms with Crippen molar-refractivity contribution in [1.29, 1.82) is 0 Å². The van der Waals surface area contributed by atoms with Crippen molar-refractivity contribution in [3.8, 4) is 0 Å². The van der Waals surface area contributed by atoms with E-state index in [1.54, 1.807) is 11.8 Å². The van der Waals surface area contributed by atoms with Gasteiger partial charge < -0.3 is 4.90 Å². The van der Waals surface area contributed by atoms with E-state index in [-0.39, 0.29) is 17.7 Å². The number of carbonyl (C=O) groups excluding carboxylic acids is 2. The molecule has 0 spiro atoms. The van der Waals surface area contributed by atoms with Gasteiger partial charge in [-0.1, -0.05) is 0 Å². The van der Waals surface area contributed by atoms with Crippen molar-refractivity contribution >= 4 is 11.7 Å². The molecular formula is C10H15NO2. The summed E-state index contributed by atoms with van der Waals surface area (Å²) in [6.07, 6.45) is 3.84. The number of nitrogens with zero attached hydrogens (tertiary/aromatic N) is 1. The second-order valence-electron chi connectivity index (χ2n) is 4.06. The number of amides is 1. The van der Waals surface area contributed by atoms with Crippen molar-refractivity contribution in [2.45, 2.75) is 38.6 Å². The molecule has 0 aromatic carbocycles. The predicted molar refractivity (Wildman–Crippen MR) is 48.1 cm³/mol. The highest BCUT2D eigenvalue weighted by Crippen LogP contribution is 2.34. The monoisotopic (exact) mass is 181 g/mol. The van der Waals surface area contributed by atoms with Crippen molar-refractivity contribution in [3.05, 3.63) is 0 Å². The molecule has 2 aliphatic rings. The van der Waals surface area contributed by atoms with E-state index in [0.717, 1.165) is 25.8 Å². The lowest BCUT2D eigenvalue weighted by Crippen LogP contribution is -2.44. The zero-order valence-electron chi connectivity index (χ0n) is 7.95. The van der Waals surface area contributed by atoms with Gasteiger partial charge in [-0.25, -0.2) is 0 Å². The average Bonchev–Trinajstić information content (AvgIpc) is 2.49. The van der Waals surface area contributed by atoms with Crippen LogP contribution in [0.15, 0.2) is 0 Å². The van der Waals surface area contributed by atoms with E-state index in [2.05, 4.69) is 0 Å². The van der Waals surface area contributed by atoms with Gasteiger partial charge in [-0.15, -0.1) is 0 Å². The number of hydrogen-bond acceptors (Lipinski definition) is 2. The molecule has 0 radical (unpaired) electrons. The third-order valence-corrected chi connectivity index (χ3v) is 3.26. The summed E-state index contributed by atoms with van der Waals surface area (Å²) >= 11 is 0. The first-order chi connectivity index (χ1) is 6.20. The molecule has 1 saturated heterocycles. The van der Waals surface area contributed by atoms with Gasteiger partial charge in [0.25, 0.3) is 0 Å². The Morgan fingerprint density at radius 3 is 2.92 bits per heavy atom. The van der Waals surface area contributed by atoms with Crippen LogP contribution in [0.3, 0.4) is 0 Å². The summed E-state index contributed by atoms with van der Waals surface area (Å²) in [5.41, 5.74) is 0. The van der Waals surface area contributed by atoms with E-state index in [1.807, 2.05) is 0 Å². The van der Waals surface area contributed by atoms with Crippen LogP contribution in [0.5, 0.6) is 0 Å². The normalized spacial score (nSPS) is 33.3. The third-order valence-electron chi connectivity index (χ3n) is 3.26. The summed E-state index contributed by atoms with van der Waals surface area (Å²) < 4.78 is 0. The maximum Gasteiger partial charge on any atom is 0.220 e. The smallest absolute Gasteiger partial charge is 0.220 e. The van der Waals surface area contributed by atoms with E-state index >= 15 is 0 Å². The molecule has 0 N–H and O–H groups in total. The predicted octanol–water partition coefficient (Wildman–Crippen LogP) is 0.976. The molecule has 13 heavy (non-hydrogen) atoms. The van der Waals surface area contributed by atoms with Crippen LogP contribution in [0.2, 0.25) is 0 Å². The lowest BCUT2D eigenvalue weighted by Gasteiger charge is -2.29. The molecule has 1 aliphatic carbocycles. The molecule has 1 amide bonds. The molecule has 3 nitrogen and oxygen atoms in total. The van der Waals surface area contributed by atoms with E-state index in [4.69, 9.17) is 0 Å². The first-order valence-electron chi connectivity index (χ1n) is 5.00. The molecule has 72 valence electrons. The molecule has 0 unspecified atom stereocenters. The summed E-state index contributed by atoms with van der Waals surface area (Å²) in [7, 11) is 0. The summed E-state index contributed by atoms with van der Waals surface area (Å²) in [6.45, 7) is 2.35. The molecule has 0 aromatic rings. The van der Waals surface area contributed by atoms with Crippen molar-refractivity contribution in [3.63, 3.8) is 0 Å². The Morgan fingerprint density at radius 2 is 2.23 bits per heavy atom. The van der Waals surface area contributed by atoms with Gasteiger partial charge in [-0.3, -0.25) is 9.59 Å². The summed E-state index contributed by atoms with van der Waals surface area (Å²) in [6, 6.07) is -0.0637. The van der Waals surface area contributed by atoms with Crippen molar-refractivity contribution in [1.82, 2.24) is 4.90 Å². The van der Waals surface area contributed by atoms with Gasteiger partial charge in [0, 0.05) is 19.9 Å². The summed E-state index contributed by atoms with van der Waals surface area (Å²) in [4.78, 5) is 24.6. The molecule has 1 heterocycles. The van der Waals surface area contributed by atoms with Gasteiger partial charge in [-0.2, -0.15) is 0 Å². The Balaban J connectivity index is 2.18. The molecule has 2 rings (SSSR count). The number of likely N-dealkylation sites (tertiary alicyclic amines) is 1. The molecule has 0 aromatic heterocycles. The van der Waals surface area contributed by atoms with Crippen LogP contribution in [0, 0.1) is 5.92 Å². The number of Topliss-reactive ketones (excluding diaryl/α,β-unsaturated/α-hetero) is 1. The molecule has 2 fully saturated rings. The Hall–Kier alpha value is -0.860. The Kier molecular flexibility index (Phi) is 2.10. The third kappa shape index (κ3) is 1.36. The average molecular weight is 181 g/mol. The van der Waals surface area contributed by atoms with Gasteiger partial charge in [-0.05, 0) is 25.2 Å². The molecule has 1 saturated carbocycles. The largest absolute Gasteiger partial charge is 0.333 e. The number of ketones is 1. The highest BCUT2D eigenvalue weighted by atomic mass is 16.2. The van der Waals surface area contributed by atoms with E-state index < -0.39 is 0 Å². The molecule has 2 atom stereocenters. The standard InChI is InChI=1S/C10H15NO2/c1-7(12)11-6-5-8-3-2-4-9(13)10(8)11/h8,10H,2-6H2,1H3/t8-,10+/m0/s1. The van der Waals surface area contributed by atoms with E-state index in [0.29, 0.717) is 12.3 Å². The van der Waals surface area contributed by atoms with Crippen molar-refractivity contribution < 1.29 is 9.59 Å². The molecule has 0 bridgehead atoms. The fourth-order valence-electron chi connectivity index (χ4n) is 2.63. The lowest BCUT2D eigenvalue weighted by atomic mass is 9.84. The minimum atomic E-state index is -0.0637. The topological polar surface area (TPSA) is 37.4 Å². The number of carbonyl (C=O) groups is 2. The first kappa shape index (κ1) is 8.73. The Morgan fingerprint density at radius 1 is 1.46 bits per heavy atom. The number of hydrogen-bond donors (Lipinski definition) is 0. The highest BCUT2D eigenvalue weighted by Gasteiger charge is 2.41. The van der Waals surface area contributed by atoms with Crippen LogP contribution in [0.25, 0.3) is 0 Å². The second kappa shape index (κ2) is 3.13. The molecule has 1 aliphatic heterocycles. The fourth-order valence-corrected chi connectivity index (χ4v) is 2.63. The lowest BCUT2D eigenvalue weighted by molar-refractivity contribution is -0.138. The van der Waals surface area contributed by atoms with Crippen LogP contribution in [-0.2, 0) is 9.59 Å². The fraction of sp³-hybridized carbons (Fsp3) is 0.800. The van der Waals surface area contributed by atoms with Gasteiger partial charge in [0.15, 0.2) is 5.78 Å². The Labute approximate surface area is 78.1 Å².